The van der Waals surface area contributed by atoms with E-state index in [-0.39, 0.29) is 12.6 Å². The fourth-order valence-electron chi connectivity index (χ4n) is 0.994. The van der Waals surface area contributed by atoms with Crippen LogP contribution in [0.1, 0.15) is 21.7 Å². The Morgan fingerprint density at radius 2 is 2.50 bits per heavy atom. The van der Waals surface area contributed by atoms with Gasteiger partial charge in [-0.1, -0.05) is 12.2 Å². The van der Waals surface area contributed by atoms with Gasteiger partial charge in [0.25, 0.3) is 0 Å². The predicted molar refractivity (Wildman–Crippen MR) is 56.4 cm³/mol. The highest BCUT2D eigenvalue weighted by Crippen LogP contribution is 2.19. The quantitative estimate of drug-likeness (QED) is 0.776. The minimum absolute atomic E-state index is 0.119. The molecule has 1 N–H and O–H groups in total. The van der Waals surface area contributed by atoms with E-state index in [2.05, 4.69) is 4.74 Å². The zero-order valence-corrected chi connectivity index (χ0v) is 8.71. The number of esters is 1. The van der Waals surface area contributed by atoms with Gasteiger partial charge in [-0.25, -0.2) is 4.79 Å². The zero-order valence-electron chi connectivity index (χ0n) is 7.90. The normalized spacial score (nSPS) is 10.7. The Morgan fingerprint density at radius 1 is 1.71 bits per heavy atom. The van der Waals surface area contributed by atoms with Gasteiger partial charge in [0.2, 0.25) is 0 Å². The summed E-state index contributed by atoms with van der Waals surface area (Å²) < 4.78 is 4.63. The van der Waals surface area contributed by atoms with Gasteiger partial charge >= 0.3 is 5.97 Å². The van der Waals surface area contributed by atoms with Crippen LogP contribution in [0.4, 0.5) is 0 Å². The van der Waals surface area contributed by atoms with Crippen LogP contribution in [0.5, 0.6) is 0 Å². The Balaban J connectivity index is 2.77. The molecule has 0 aliphatic rings. The Morgan fingerprint density at radius 3 is 3.14 bits per heavy atom. The number of ether oxygens (including phenoxy) is 1. The van der Waals surface area contributed by atoms with Gasteiger partial charge in [0, 0.05) is 6.61 Å². The summed E-state index contributed by atoms with van der Waals surface area (Å²) in [5.74, 6) is -0.316. The second-order valence-electron chi connectivity index (χ2n) is 2.61. The lowest BCUT2D eigenvalue weighted by molar-refractivity contribution is 0.0606. The van der Waals surface area contributed by atoms with E-state index in [1.165, 1.54) is 18.4 Å². The van der Waals surface area contributed by atoms with E-state index in [9.17, 15) is 4.79 Å². The molecule has 0 unspecified atom stereocenters. The molecule has 1 aromatic heterocycles. The average Bonchev–Trinajstić information content (AvgIpc) is 2.65. The summed E-state index contributed by atoms with van der Waals surface area (Å²) in [6.45, 7) is 0.119. The molecule has 0 bridgehead atoms. The largest absolute Gasteiger partial charge is 0.465 e. The molecule has 76 valence electrons. The van der Waals surface area contributed by atoms with Crippen LogP contribution in [0.2, 0.25) is 0 Å². The first-order valence-electron chi connectivity index (χ1n) is 4.22. The third-order valence-corrected chi connectivity index (χ3v) is 2.57. The first kappa shape index (κ1) is 10.9. The van der Waals surface area contributed by atoms with Gasteiger partial charge in [0.05, 0.1) is 7.11 Å². The van der Waals surface area contributed by atoms with Crippen molar-refractivity contribution in [2.45, 2.75) is 6.42 Å². The molecule has 3 nitrogen and oxygen atoms in total. The van der Waals surface area contributed by atoms with E-state index in [1.807, 2.05) is 23.6 Å². The molecular weight excluding hydrogens is 200 g/mol. The Hall–Kier alpha value is -1.13. The third-order valence-electron chi connectivity index (χ3n) is 1.66. The smallest absolute Gasteiger partial charge is 0.348 e. The highest BCUT2D eigenvalue weighted by molar-refractivity contribution is 7.12. The summed E-state index contributed by atoms with van der Waals surface area (Å²) in [7, 11) is 1.36. The van der Waals surface area contributed by atoms with E-state index in [4.69, 9.17) is 5.11 Å². The molecule has 0 fully saturated rings. The average molecular weight is 212 g/mol. The summed E-state index contributed by atoms with van der Waals surface area (Å²) in [5.41, 5.74) is 0.843. The molecule has 1 aromatic rings. The molecule has 1 heterocycles. The van der Waals surface area contributed by atoms with Crippen molar-refractivity contribution < 1.29 is 14.6 Å². The number of methoxy groups -OCH3 is 1. The molecule has 0 atom stereocenters. The Bertz CT molecular complexity index is 328. The SMILES string of the molecule is COC(=O)c1sccc1C=CCCO. The molecule has 0 aromatic carbocycles. The van der Waals surface area contributed by atoms with Crippen molar-refractivity contribution in [2.75, 3.05) is 13.7 Å². The molecule has 0 radical (unpaired) electrons. The second kappa shape index (κ2) is 5.57. The lowest BCUT2D eigenvalue weighted by Gasteiger charge is -1.96. The van der Waals surface area contributed by atoms with Gasteiger partial charge in [0.1, 0.15) is 4.88 Å². The number of hydrogen-bond donors (Lipinski definition) is 1. The van der Waals surface area contributed by atoms with Crippen LogP contribution in [0.25, 0.3) is 6.08 Å². The van der Waals surface area contributed by atoms with Crippen LogP contribution in [0, 0.1) is 0 Å². The summed E-state index contributed by atoms with van der Waals surface area (Å²) in [6, 6.07) is 1.85. The van der Waals surface area contributed by atoms with Crippen LogP contribution in [0.15, 0.2) is 17.5 Å². The molecule has 0 aliphatic heterocycles. The molecule has 0 aliphatic carbocycles. The first-order valence-corrected chi connectivity index (χ1v) is 5.10. The first-order chi connectivity index (χ1) is 6.79. The van der Waals surface area contributed by atoms with Gasteiger partial charge in [-0.2, -0.15) is 0 Å². The molecule has 1 rings (SSSR count). The second-order valence-corrected chi connectivity index (χ2v) is 3.53. The van der Waals surface area contributed by atoms with Crippen molar-refractivity contribution in [3.05, 3.63) is 28.0 Å². The van der Waals surface area contributed by atoms with Crippen molar-refractivity contribution >= 4 is 23.4 Å². The van der Waals surface area contributed by atoms with Crippen LogP contribution >= 0.6 is 11.3 Å². The predicted octanol–water partition coefficient (Wildman–Crippen LogP) is 1.93. The number of rotatable bonds is 4. The van der Waals surface area contributed by atoms with Gasteiger partial charge in [-0.15, -0.1) is 11.3 Å². The maximum absolute atomic E-state index is 11.2. The summed E-state index contributed by atoms with van der Waals surface area (Å²) in [6.07, 6.45) is 4.24. The topological polar surface area (TPSA) is 46.5 Å². The van der Waals surface area contributed by atoms with E-state index in [0.29, 0.717) is 11.3 Å². The third kappa shape index (κ3) is 2.68. The van der Waals surface area contributed by atoms with Crippen LogP contribution in [0.3, 0.4) is 0 Å². The molecule has 0 spiro atoms. The lowest BCUT2D eigenvalue weighted by atomic mass is 10.2. The van der Waals surface area contributed by atoms with E-state index in [1.54, 1.807) is 0 Å². The van der Waals surface area contributed by atoms with Crippen LogP contribution in [-0.2, 0) is 4.74 Å². The molecule has 4 heteroatoms. The van der Waals surface area contributed by atoms with Crippen molar-refractivity contribution in [3.8, 4) is 0 Å². The summed E-state index contributed by atoms with van der Waals surface area (Å²) in [5, 5.41) is 10.4. The van der Waals surface area contributed by atoms with E-state index >= 15 is 0 Å². The number of aliphatic hydroxyl groups excluding tert-OH is 1. The molecular formula is C10H12O3S. The zero-order chi connectivity index (χ0) is 10.4. The van der Waals surface area contributed by atoms with Crippen molar-refractivity contribution in [3.63, 3.8) is 0 Å². The highest BCUT2D eigenvalue weighted by atomic mass is 32.1. The minimum Gasteiger partial charge on any atom is -0.465 e. The fourth-order valence-corrected chi connectivity index (χ4v) is 1.80. The lowest BCUT2D eigenvalue weighted by Crippen LogP contribution is -1.99. The van der Waals surface area contributed by atoms with Gasteiger partial charge in [-0.05, 0) is 23.4 Å². The fraction of sp³-hybridized carbons (Fsp3) is 0.300. The number of hydrogen-bond acceptors (Lipinski definition) is 4. The maximum Gasteiger partial charge on any atom is 0.348 e. The monoisotopic (exact) mass is 212 g/mol. The van der Waals surface area contributed by atoms with Gasteiger partial charge in [0.15, 0.2) is 0 Å². The molecule has 14 heavy (non-hydrogen) atoms. The van der Waals surface area contributed by atoms with E-state index in [0.717, 1.165) is 5.56 Å². The highest BCUT2D eigenvalue weighted by Gasteiger charge is 2.10. The number of carbonyl (C=O) groups is 1. The standard InChI is InChI=1S/C10H12O3S/c1-13-10(12)9-8(5-7-14-9)4-2-3-6-11/h2,4-5,7,11H,3,6H2,1H3. The molecule has 0 amide bonds. The van der Waals surface area contributed by atoms with Crippen LogP contribution in [-0.4, -0.2) is 24.8 Å². The number of carbonyl (C=O) groups excluding carboxylic acids is 1. The van der Waals surface area contributed by atoms with Gasteiger partial charge < -0.3 is 9.84 Å². The van der Waals surface area contributed by atoms with Crippen molar-refractivity contribution in [1.29, 1.82) is 0 Å². The van der Waals surface area contributed by atoms with Crippen LogP contribution < -0.4 is 0 Å². The molecule has 0 saturated carbocycles. The van der Waals surface area contributed by atoms with E-state index < -0.39 is 0 Å². The Labute approximate surface area is 86.6 Å². The maximum atomic E-state index is 11.2. The molecule has 0 saturated heterocycles. The van der Waals surface area contributed by atoms with Gasteiger partial charge in [-0.3, -0.25) is 0 Å². The number of aliphatic hydroxyl groups is 1. The van der Waals surface area contributed by atoms with Crippen molar-refractivity contribution in [1.82, 2.24) is 0 Å². The number of thiophene rings is 1. The summed E-state index contributed by atoms with van der Waals surface area (Å²) in [4.78, 5) is 11.8. The minimum atomic E-state index is -0.316. The van der Waals surface area contributed by atoms with Crippen molar-refractivity contribution in [2.24, 2.45) is 0 Å². The summed E-state index contributed by atoms with van der Waals surface area (Å²) >= 11 is 1.35. The Kier molecular flexibility index (Phi) is 4.35.